The number of piperidine rings is 1. The first-order valence-corrected chi connectivity index (χ1v) is 9.62. The predicted molar refractivity (Wildman–Crippen MR) is 103 cm³/mol. The molecule has 0 saturated carbocycles. The summed E-state index contributed by atoms with van der Waals surface area (Å²) in [5, 5.41) is 6.93. The van der Waals surface area contributed by atoms with E-state index in [0.717, 1.165) is 17.3 Å². The zero-order chi connectivity index (χ0) is 19.4. The van der Waals surface area contributed by atoms with Crippen LogP contribution in [-0.4, -0.2) is 50.7 Å². The number of hydrogen-bond donors (Lipinski definition) is 1. The first-order valence-electron chi connectivity index (χ1n) is 8.83. The Hall–Kier alpha value is -2.42. The van der Waals surface area contributed by atoms with Crippen molar-refractivity contribution in [2.75, 3.05) is 19.6 Å². The molecule has 1 aliphatic rings. The molecule has 0 radical (unpaired) electrons. The molecular formula is C18H22BrN5O3. The van der Waals surface area contributed by atoms with Gasteiger partial charge in [-0.1, -0.05) is 0 Å². The van der Waals surface area contributed by atoms with Crippen LogP contribution in [0.3, 0.4) is 0 Å². The van der Waals surface area contributed by atoms with Crippen molar-refractivity contribution in [1.29, 1.82) is 0 Å². The Labute approximate surface area is 165 Å². The fraction of sp³-hybridized carbons (Fsp3) is 0.444. The van der Waals surface area contributed by atoms with Gasteiger partial charge in [-0.05, 0) is 40.8 Å². The summed E-state index contributed by atoms with van der Waals surface area (Å²) >= 11 is 3.31. The van der Waals surface area contributed by atoms with E-state index in [4.69, 9.17) is 0 Å². The molecule has 1 aliphatic heterocycles. The van der Waals surface area contributed by atoms with Crippen LogP contribution in [0.5, 0.6) is 0 Å². The van der Waals surface area contributed by atoms with E-state index in [1.807, 2.05) is 0 Å². The molecule has 2 amide bonds. The van der Waals surface area contributed by atoms with Gasteiger partial charge in [0.05, 0.1) is 11.8 Å². The topological polar surface area (TPSA) is 89.2 Å². The van der Waals surface area contributed by atoms with E-state index in [2.05, 4.69) is 26.3 Å². The van der Waals surface area contributed by atoms with Crippen LogP contribution in [0.2, 0.25) is 0 Å². The minimum Gasteiger partial charge on any atom is -0.352 e. The van der Waals surface area contributed by atoms with Gasteiger partial charge in [0, 0.05) is 49.6 Å². The van der Waals surface area contributed by atoms with Crippen LogP contribution < -0.4 is 10.9 Å². The summed E-state index contributed by atoms with van der Waals surface area (Å²) < 4.78 is 3.76. The number of rotatable bonds is 5. The van der Waals surface area contributed by atoms with E-state index < -0.39 is 0 Å². The summed E-state index contributed by atoms with van der Waals surface area (Å²) in [6, 6.07) is 3.10. The third-order valence-electron chi connectivity index (χ3n) is 4.74. The second-order valence-electron chi connectivity index (χ2n) is 6.75. The first-order chi connectivity index (χ1) is 12.9. The molecule has 144 valence electrons. The van der Waals surface area contributed by atoms with Gasteiger partial charge >= 0.3 is 0 Å². The fourth-order valence-corrected chi connectivity index (χ4v) is 3.51. The van der Waals surface area contributed by atoms with Gasteiger partial charge < -0.3 is 14.8 Å². The standard InChI is InChI=1S/C18H22BrN5O3/c1-22-10-14(9-21-22)18(27)20-8-13-4-6-23(7-5-13)17(26)12-24-11-15(19)2-3-16(24)25/h2-3,9-11,13H,4-8,12H2,1H3,(H,20,27). The molecule has 1 N–H and O–H groups in total. The molecule has 27 heavy (non-hydrogen) atoms. The normalized spacial score (nSPS) is 15.0. The molecule has 2 aromatic rings. The van der Waals surface area contributed by atoms with Crippen LogP contribution >= 0.6 is 15.9 Å². The van der Waals surface area contributed by atoms with Crippen LogP contribution in [0, 0.1) is 5.92 Å². The number of hydrogen-bond acceptors (Lipinski definition) is 4. The number of carbonyl (C=O) groups is 2. The highest BCUT2D eigenvalue weighted by Crippen LogP contribution is 2.17. The molecule has 0 bridgehead atoms. The minimum absolute atomic E-state index is 0.0423. The van der Waals surface area contributed by atoms with Gasteiger partial charge in [0.2, 0.25) is 5.91 Å². The molecule has 1 fully saturated rings. The van der Waals surface area contributed by atoms with Crippen LogP contribution in [0.4, 0.5) is 0 Å². The van der Waals surface area contributed by atoms with Gasteiger partial charge in [0.25, 0.3) is 11.5 Å². The molecule has 3 rings (SSSR count). The van der Waals surface area contributed by atoms with E-state index in [0.29, 0.717) is 31.1 Å². The smallest absolute Gasteiger partial charge is 0.254 e. The molecule has 2 aromatic heterocycles. The highest BCUT2D eigenvalue weighted by Gasteiger charge is 2.23. The highest BCUT2D eigenvalue weighted by atomic mass is 79.9. The van der Waals surface area contributed by atoms with E-state index in [1.54, 1.807) is 41.3 Å². The first kappa shape index (κ1) is 19.3. The van der Waals surface area contributed by atoms with Crippen LogP contribution in [0.1, 0.15) is 23.2 Å². The number of nitrogens with one attached hydrogen (secondary N) is 1. The number of aromatic nitrogens is 3. The number of carbonyl (C=O) groups excluding carboxylic acids is 2. The van der Waals surface area contributed by atoms with Crippen molar-refractivity contribution >= 4 is 27.7 Å². The van der Waals surface area contributed by atoms with Crippen LogP contribution in [0.25, 0.3) is 0 Å². The van der Waals surface area contributed by atoms with Gasteiger partial charge in [-0.3, -0.25) is 19.1 Å². The van der Waals surface area contributed by atoms with Gasteiger partial charge in [-0.15, -0.1) is 0 Å². The highest BCUT2D eigenvalue weighted by molar-refractivity contribution is 9.10. The van der Waals surface area contributed by atoms with E-state index >= 15 is 0 Å². The van der Waals surface area contributed by atoms with Gasteiger partial charge in [0.1, 0.15) is 6.54 Å². The van der Waals surface area contributed by atoms with Gasteiger partial charge in [-0.25, -0.2) is 0 Å². The summed E-state index contributed by atoms with van der Waals surface area (Å²) in [6.45, 7) is 1.89. The number of likely N-dealkylation sites (tertiary alicyclic amines) is 1. The van der Waals surface area contributed by atoms with Crippen molar-refractivity contribution in [3.05, 3.63) is 51.1 Å². The van der Waals surface area contributed by atoms with Crippen molar-refractivity contribution < 1.29 is 9.59 Å². The monoisotopic (exact) mass is 435 g/mol. The molecule has 3 heterocycles. The van der Waals surface area contributed by atoms with Crippen molar-refractivity contribution in [2.24, 2.45) is 13.0 Å². The summed E-state index contributed by atoms with van der Waals surface area (Å²) in [5.41, 5.74) is 0.351. The molecule has 0 atom stereocenters. The second-order valence-corrected chi connectivity index (χ2v) is 7.67. The van der Waals surface area contributed by atoms with E-state index in [1.165, 1.54) is 10.6 Å². The average Bonchev–Trinajstić information content (AvgIpc) is 3.09. The molecule has 0 aliphatic carbocycles. The van der Waals surface area contributed by atoms with Crippen LogP contribution in [0.15, 0.2) is 40.0 Å². The lowest BCUT2D eigenvalue weighted by Crippen LogP contribution is -2.43. The van der Waals surface area contributed by atoms with Crippen molar-refractivity contribution in [2.45, 2.75) is 19.4 Å². The van der Waals surface area contributed by atoms with Crippen molar-refractivity contribution in [3.63, 3.8) is 0 Å². The molecule has 0 unspecified atom stereocenters. The average molecular weight is 436 g/mol. The summed E-state index contributed by atoms with van der Waals surface area (Å²) in [6.07, 6.45) is 6.50. The molecule has 8 nitrogen and oxygen atoms in total. The number of aryl methyl sites for hydroxylation is 1. The molecule has 1 saturated heterocycles. The predicted octanol–water partition coefficient (Wildman–Crippen LogP) is 1.01. The summed E-state index contributed by atoms with van der Waals surface area (Å²) in [7, 11) is 1.77. The third kappa shape index (κ3) is 5.06. The molecular weight excluding hydrogens is 414 g/mol. The molecule has 0 spiro atoms. The minimum atomic E-state index is -0.195. The Morgan fingerprint density at radius 1 is 1.26 bits per heavy atom. The quantitative estimate of drug-likeness (QED) is 0.758. The van der Waals surface area contributed by atoms with E-state index in [-0.39, 0.29) is 23.9 Å². The zero-order valence-electron chi connectivity index (χ0n) is 15.1. The maximum absolute atomic E-state index is 12.5. The number of pyridine rings is 1. The Morgan fingerprint density at radius 3 is 2.67 bits per heavy atom. The summed E-state index contributed by atoms with van der Waals surface area (Å²) in [5.74, 6) is 0.145. The Balaban J connectivity index is 1.45. The third-order valence-corrected chi connectivity index (χ3v) is 5.21. The SMILES string of the molecule is Cn1cc(C(=O)NCC2CCN(C(=O)Cn3cc(Br)ccc3=O)CC2)cn1. The Bertz CT molecular complexity index is 883. The van der Waals surface area contributed by atoms with Crippen molar-refractivity contribution in [3.8, 4) is 0 Å². The lowest BCUT2D eigenvalue weighted by molar-refractivity contribution is -0.133. The maximum atomic E-state index is 12.5. The van der Waals surface area contributed by atoms with Crippen LogP contribution in [-0.2, 0) is 18.4 Å². The Kier molecular flexibility index (Phi) is 6.10. The lowest BCUT2D eigenvalue weighted by Gasteiger charge is -2.32. The lowest BCUT2D eigenvalue weighted by atomic mass is 9.96. The zero-order valence-corrected chi connectivity index (χ0v) is 16.7. The number of nitrogens with zero attached hydrogens (tertiary/aromatic N) is 4. The fourth-order valence-electron chi connectivity index (χ4n) is 3.14. The van der Waals surface area contributed by atoms with E-state index in [9.17, 15) is 14.4 Å². The summed E-state index contributed by atoms with van der Waals surface area (Å²) in [4.78, 5) is 38.2. The number of halogens is 1. The van der Waals surface area contributed by atoms with Crippen molar-refractivity contribution in [1.82, 2.24) is 24.6 Å². The number of amides is 2. The second kappa shape index (κ2) is 8.51. The molecule has 0 aromatic carbocycles. The van der Waals surface area contributed by atoms with Gasteiger partial charge in [-0.2, -0.15) is 5.10 Å². The Morgan fingerprint density at radius 2 is 2.00 bits per heavy atom. The largest absolute Gasteiger partial charge is 0.352 e. The maximum Gasteiger partial charge on any atom is 0.254 e. The molecule has 9 heteroatoms. The van der Waals surface area contributed by atoms with Gasteiger partial charge in [0.15, 0.2) is 0 Å².